The molecule has 1 aliphatic heterocycles. The lowest BCUT2D eigenvalue weighted by molar-refractivity contribution is 0.584. The summed E-state index contributed by atoms with van der Waals surface area (Å²) in [6, 6.07) is 0. The molecule has 2 rings (SSSR count). The molecular formula is C10H16ClN3O2S2. The van der Waals surface area contributed by atoms with Gasteiger partial charge in [-0.15, -0.1) is 23.7 Å². The van der Waals surface area contributed by atoms with Crippen LogP contribution in [0.15, 0.2) is 22.1 Å². The van der Waals surface area contributed by atoms with Crippen LogP contribution < -0.4 is 10.0 Å². The van der Waals surface area contributed by atoms with Crippen LogP contribution in [0.5, 0.6) is 0 Å². The largest absolute Gasteiger partial charge is 0.313 e. The van der Waals surface area contributed by atoms with Crippen molar-refractivity contribution in [2.24, 2.45) is 0 Å². The van der Waals surface area contributed by atoms with Crippen molar-refractivity contribution >= 4 is 33.8 Å². The number of nitrogens with one attached hydrogen (secondary N) is 2. The lowest BCUT2D eigenvalue weighted by Crippen LogP contribution is -2.29. The van der Waals surface area contributed by atoms with E-state index in [1.165, 1.54) is 17.5 Å². The zero-order valence-corrected chi connectivity index (χ0v) is 12.4. The fraction of sp³-hybridized carbons (Fsp3) is 0.500. The van der Waals surface area contributed by atoms with Gasteiger partial charge in [0.05, 0.1) is 11.2 Å². The molecule has 0 aromatic carbocycles. The molecule has 0 amide bonds. The normalized spacial score (nSPS) is 15.9. The Bertz CT molecular complexity index is 525. The first-order valence-electron chi connectivity index (χ1n) is 5.39. The maximum Gasteiger partial charge on any atom is 0.251 e. The lowest BCUT2D eigenvalue weighted by Gasteiger charge is -2.14. The molecule has 1 aromatic rings. The highest BCUT2D eigenvalue weighted by molar-refractivity contribution is 7.91. The molecule has 0 unspecified atom stereocenters. The fourth-order valence-electron chi connectivity index (χ4n) is 1.56. The maximum atomic E-state index is 11.9. The number of hydrogen-bond acceptors (Lipinski definition) is 5. The SMILES string of the molecule is Cc1ncc(S(=O)(=O)NCC2=CCNCC2)s1.Cl. The molecule has 0 fully saturated rings. The number of rotatable bonds is 4. The van der Waals surface area contributed by atoms with Crippen LogP contribution in [0.3, 0.4) is 0 Å². The van der Waals surface area contributed by atoms with E-state index in [1.54, 1.807) is 6.92 Å². The van der Waals surface area contributed by atoms with Crippen LogP contribution in [0.4, 0.5) is 0 Å². The van der Waals surface area contributed by atoms with Gasteiger partial charge in [0.1, 0.15) is 0 Å². The first kappa shape index (κ1) is 15.6. The van der Waals surface area contributed by atoms with E-state index in [1.807, 2.05) is 6.08 Å². The second kappa shape index (κ2) is 6.63. The molecule has 0 aliphatic carbocycles. The molecule has 1 aliphatic rings. The van der Waals surface area contributed by atoms with Gasteiger partial charge in [0.25, 0.3) is 10.0 Å². The van der Waals surface area contributed by atoms with E-state index in [4.69, 9.17) is 0 Å². The van der Waals surface area contributed by atoms with E-state index in [9.17, 15) is 8.42 Å². The van der Waals surface area contributed by atoms with E-state index in [0.29, 0.717) is 6.54 Å². The molecule has 0 spiro atoms. The molecule has 0 bridgehead atoms. The van der Waals surface area contributed by atoms with E-state index in [-0.39, 0.29) is 16.6 Å². The summed E-state index contributed by atoms with van der Waals surface area (Å²) in [5.74, 6) is 0. The molecule has 0 saturated carbocycles. The number of sulfonamides is 1. The quantitative estimate of drug-likeness (QED) is 0.816. The highest BCUT2D eigenvalue weighted by atomic mass is 35.5. The standard InChI is InChI=1S/C10H15N3O2S2.ClH/c1-8-12-7-10(16-8)17(14,15)13-6-9-2-4-11-5-3-9;/h2,7,11,13H,3-6H2,1H3;1H. The van der Waals surface area contributed by atoms with Gasteiger partial charge < -0.3 is 5.32 Å². The van der Waals surface area contributed by atoms with Crippen LogP contribution in [-0.2, 0) is 10.0 Å². The van der Waals surface area contributed by atoms with Crippen molar-refractivity contribution in [2.45, 2.75) is 17.6 Å². The van der Waals surface area contributed by atoms with E-state index < -0.39 is 10.0 Å². The van der Waals surface area contributed by atoms with Crippen molar-refractivity contribution in [1.82, 2.24) is 15.0 Å². The number of halogens is 1. The molecule has 18 heavy (non-hydrogen) atoms. The van der Waals surface area contributed by atoms with Gasteiger partial charge in [-0.3, -0.25) is 0 Å². The van der Waals surface area contributed by atoms with Gasteiger partial charge in [0.15, 0.2) is 4.21 Å². The van der Waals surface area contributed by atoms with Crippen LogP contribution in [-0.4, -0.2) is 33.0 Å². The molecule has 102 valence electrons. The number of aryl methyl sites for hydroxylation is 1. The Labute approximate surface area is 117 Å². The summed E-state index contributed by atoms with van der Waals surface area (Å²) < 4.78 is 26.7. The van der Waals surface area contributed by atoms with Gasteiger partial charge in [-0.05, 0) is 19.9 Å². The van der Waals surface area contributed by atoms with Gasteiger partial charge in [-0.1, -0.05) is 11.6 Å². The minimum absolute atomic E-state index is 0. The monoisotopic (exact) mass is 309 g/mol. The first-order valence-corrected chi connectivity index (χ1v) is 7.68. The van der Waals surface area contributed by atoms with Crippen LogP contribution >= 0.6 is 23.7 Å². The third kappa shape index (κ3) is 4.03. The number of aromatic nitrogens is 1. The summed E-state index contributed by atoms with van der Waals surface area (Å²) >= 11 is 1.19. The first-order chi connectivity index (χ1) is 8.08. The van der Waals surface area contributed by atoms with Crippen molar-refractivity contribution < 1.29 is 8.42 Å². The van der Waals surface area contributed by atoms with Gasteiger partial charge in [-0.2, -0.15) is 0 Å². The molecule has 0 saturated heterocycles. The van der Waals surface area contributed by atoms with Crippen LogP contribution in [0.1, 0.15) is 11.4 Å². The average molecular weight is 310 g/mol. The van der Waals surface area contributed by atoms with E-state index >= 15 is 0 Å². The minimum atomic E-state index is -3.39. The summed E-state index contributed by atoms with van der Waals surface area (Å²) in [6.45, 7) is 3.91. The van der Waals surface area contributed by atoms with Crippen molar-refractivity contribution in [3.63, 3.8) is 0 Å². The van der Waals surface area contributed by atoms with Gasteiger partial charge >= 0.3 is 0 Å². The number of nitrogens with zero attached hydrogens (tertiary/aromatic N) is 1. The summed E-state index contributed by atoms with van der Waals surface area (Å²) in [6.07, 6.45) is 4.33. The highest BCUT2D eigenvalue weighted by Crippen LogP contribution is 2.17. The Kier molecular flexibility index (Phi) is 5.74. The zero-order valence-electron chi connectivity index (χ0n) is 9.97. The van der Waals surface area contributed by atoms with Crippen molar-refractivity contribution in [3.05, 3.63) is 22.9 Å². The summed E-state index contributed by atoms with van der Waals surface area (Å²) in [5, 5.41) is 3.94. The average Bonchev–Trinajstić information content (AvgIpc) is 2.76. The molecule has 2 N–H and O–H groups in total. The molecule has 1 aromatic heterocycles. The third-order valence-corrected chi connectivity index (χ3v) is 5.29. The molecule has 8 heteroatoms. The Balaban J connectivity index is 0.00000162. The number of hydrogen-bond donors (Lipinski definition) is 2. The Morgan fingerprint density at radius 2 is 2.33 bits per heavy atom. The fourth-order valence-corrected chi connectivity index (χ4v) is 3.74. The van der Waals surface area contributed by atoms with E-state index in [2.05, 4.69) is 15.0 Å². The van der Waals surface area contributed by atoms with Gasteiger partial charge in [-0.25, -0.2) is 18.1 Å². The Hall–Kier alpha value is -0.470. The predicted octanol–water partition coefficient (Wildman–Crippen LogP) is 1.07. The molecule has 2 heterocycles. The van der Waals surface area contributed by atoms with Gasteiger partial charge in [0.2, 0.25) is 0 Å². The summed E-state index contributed by atoms with van der Waals surface area (Å²) in [4.78, 5) is 3.95. The molecule has 0 radical (unpaired) electrons. The van der Waals surface area contributed by atoms with Crippen LogP contribution in [0.25, 0.3) is 0 Å². The highest BCUT2D eigenvalue weighted by Gasteiger charge is 2.17. The topological polar surface area (TPSA) is 71.1 Å². The van der Waals surface area contributed by atoms with Crippen molar-refractivity contribution in [3.8, 4) is 0 Å². The molecule has 0 atom stereocenters. The summed E-state index contributed by atoms with van der Waals surface area (Å²) in [5.41, 5.74) is 1.13. The van der Waals surface area contributed by atoms with Crippen molar-refractivity contribution in [1.29, 1.82) is 0 Å². The lowest BCUT2D eigenvalue weighted by atomic mass is 10.1. The molecule has 5 nitrogen and oxygen atoms in total. The number of thiazole rings is 1. The zero-order chi connectivity index (χ0) is 12.3. The second-order valence-corrected chi connectivity index (χ2v) is 7.07. The molecular weight excluding hydrogens is 294 g/mol. The third-order valence-electron chi connectivity index (χ3n) is 2.51. The summed E-state index contributed by atoms with van der Waals surface area (Å²) in [7, 11) is -3.39. The van der Waals surface area contributed by atoms with Crippen LogP contribution in [0.2, 0.25) is 0 Å². The van der Waals surface area contributed by atoms with Crippen molar-refractivity contribution in [2.75, 3.05) is 19.6 Å². The van der Waals surface area contributed by atoms with Gasteiger partial charge in [0, 0.05) is 13.1 Å². The Morgan fingerprint density at radius 3 is 2.89 bits per heavy atom. The smallest absolute Gasteiger partial charge is 0.251 e. The Morgan fingerprint density at radius 1 is 1.56 bits per heavy atom. The second-order valence-electron chi connectivity index (χ2n) is 3.84. The minimum Gasteiger partial charge on any atom is -0.313 e. The maximum absolute atomic E-state index is 11.9. The van der Waals surface area contributed by atoms with Crippen LogP contribution in [0, 0.1) is 6.92 Å². The predicted molar refractivity (Wildman–Crippen MR) is 74.9 cm³/mol. The van der Waals surface area contributed by atoms with E-state index in [0.717, 1.165) is 30.1 Å².